The molecule has 4 rings (SSSR count). The third kappa shape index (κ3) is 3.09. The van der Waals surface area contributed by atoms with Crippen LogP contribution in [0.2, 0.25) is 0 Å². The van der Waals surface area contributed by atoms with Gasteiger partial charge in [-0.1, -0.05) is 18.2 Å². The summed E-state index contributed by atoms with van der Waals surface area (Å²) in [6.45, 7) is 1.20. The van der Waals surface area contributed by atoms with Crippen molar-refractivity contribution >= 4 is 11.5 Å². The van der Waals surface area contributed by atoms with E-state index in [4.69, 9.17) is 4.74 Å². The van der Waals surface area contributed by atoms with Crippen LogP contribution in [-0.2, 0) is 6.18 Å². The first kappa shape index (κ1) is 15.7. The van der Waals surface area contributed by atoms with Crippen LogP contribution in [0.15, 0.2) is 42.5 Å². The van der Waals surface area contributed by atoms with Crippen LogP contribution in [0.3, 0.4) is 0 Å². The minimum atomic E-state index is -4.60. The number of anilines is 1. The van der Waals surface area contributed by atoms with E-state index in [0.29, 0.717) is 18.9 Å². The summed E-state index contributed by atoms with van der Waals surface area (Å²) >= 11 is 0. The molecule has 2 aromatic heterocycles. The number of hydrogen-bond donors (Lipinski definition) is 0. The minimum absolute atomic E-state index is 0.0390. The molecule has 1 aliphatic rings. The van der Waals surface area contributed by atoms with Crippen molar-refractivity contribution in [3.05, 3.63) is 48.3 Å². The van der Waals surface area contributed by atoms with Gasteiger partial charge in [0.1, 0.15) is 17.7 Å². The standard InChI is InChI=1S/C16H14F3N5O/c17-16(18,19)15-21-20-13-6-7-14(22-24(13)15)23-9-8-12(10-23)25-11-4-2-1-3-5-11/h1-7,12H,8-10H2/t12-/m0/s1. The molecular weight excluding hydrogens is 335 g/mol. The van der Waals surface area contributed by atoms with Crippen molar-refractivity contribution in [2.45, 2.75) is 18.7 Å². The topological polar surface area (TPSA) is 55.5 Å². The van der Waals surface area contributed by atoms with E-state index in [1.807, 2.05) is 35.2 Å². The lowest BCUT2D eigenvalue weighted by Crippen LogP contribution is -2.26. The molecule has 1 aliphatic heterocycles. The van der Waals surface area contributed by atoms with Crippen molar-refractivity contribution in [2.24, 2.45) is 0 Å². The van der Waals surface area contributed by atoms with Crippen LogP contribution in [0.25, 0.3) is 5.65 Å². The largest absolute Gasteiger partial charge is 0.489 e. The summed E-state index contributed by atoms with van der Waals surface area (Å²) in [7, 11) is 0. The van der Waals surface area contributed by atoms with Crippen molar-refractivity contribution in [3.63, 3.8) is 0 Å². The molecule has 1 aromatic carbocycles. The number of benzene rings is 1. The van der Waals surface area contributed by atoms with Gasteiger partial charge in [-0.25, -0.2) is 0 Å². The Morgan fingerprint density at radius 1 is 1.04 bits per heavy atom. The van der Waals surface area contributed by atoms with Gasteiger partial charge >= 0.3 is 6.18 Å². The SMILES string of the molecule is FC(F)(F)c1nnc2ccc(N3CC[C@H](Oc4ccccc4)C3)nn12. The van der Waals surface area contributed by atoms with Gasteiger partial charge in [0.2, 0.25) is 0 Å². The number of hydrogen-bond acceptors (Lipinski definition) is 5. The first-order valence-electron chi connectivity index (χ1n) is 7.77. The van der Waals surface area contributed by atoms with Crippen LogP contribution in [0.1, 0.15) is 12.2 Å². The van der Waals surface area contributed by atoms with Crippen molar-refractivity contribution in [1.82, 2.24) is 19.8 Å². The van der Waals surface area contributed by atoms with Crippen molar-refractivity contribution in [3.8, 4) is 5.75 Å². The molecule has 9 heteroatoms. The predicted molar refractivity (Wildman–Crippen MR) is 83.5 cm³/mol. The fourth-order valence-corrected chi connectivity index (χ4v) is 2.85. The highest BCUT2D eigenvalue weighted by Crippen LogP contribution is 2.28. The normalized spacial score (nSPS) is 18.0. The Kier molecular flexibility index (Phi) is 3.70. The third-order valence-electron chi connectivity index (χ3n) is 4.02. The molecule has 0 bridgehead atoms. The molecule has 0 aliphatic carbocycles. The van der Waals surface area contributed by atoms with Crippen LogP contribution in [0.5, 0.6) is 5.75 Å². The Hall–Kier alpha value is -2.84. The van der Waals surface area contributed by atoms with Gasteiger partial charge in [0.15, 0.2) is 5.65 Å². The predicted octanol–water partition coefficient (Wildman–Crippen LogP) is 2.80. The molecule has 0 radical (unpaired) electrons. The molecule has 6 nitrogen and oxygen atoms in total. The quantitative estimate of drug-likeness (QED) is 0.728. The number of para-hydroxylation sites is 1. The van der Waals surface area contributed by atoms with Crippen LogP contribution >= 0.6 is 0 Å². The van der Waals surface area contributed by atoms with E-state index >= 15 is 0 Å². The van der Waals surface area contributed by atoms with E-state index in [2.05, 4.69) is 15.3 Å². The van der Waals surface area contributed by atoms with Gasteiger partial charge in [-0.05, 0) is 24.3 Å². The van der Waals surface area contributed by atoms with Gasteiger partial charge in [-0.3, -0.25) is 0 Å². The third-order valence-corrected chi connectivity index (χ3v) is 4.02. The van der Waals surface area contributed by atoms with E-state index in [1.54, 1.807) is 6.07 Å². The minimum Gasteiger partial charge on any atom is -0.489 e. The average Bonchev–Trinajstić information content (AvgIpc) is 3.21. The van der Waals surface area contributed by atoms with Gasteiger partial charge in [0, 0.05) is 13.0 Å². The zero-order valence-corrected chi connectivity index (χ0v) is 13.0. The summed E-state index contributed by atoms with van der Waals surface area (Å²) in [5.41, 5.74) is 0.0624. The summed E-state index contributed by atoms with van der Waals surface area (Å²) in [5, 5.41) is 10.8. The molecule has 0 saturated carbocycles. The first-order valence-corrected chi connectivity index (χ1v) is 7.77. The number of aromatic nitrogens is 4. The average molecular weight is 349 g/mol. The number of fused-ring (bicyclic) bond motifs is 1. The van der Waals surface area contributed by atoms with E-state index in [-0.39, 0.29) is 11.8 Å². The number of alkyl halides is 3. The Balaban J connectivity index is 1.54. The molecule has 130 valence electrons. The van der Waals surface area contributed by atoms with Crippen LogP contribution in [0, 0.1) is 0 Å². The van der Waals surface area contributed by atoms with Crippen LogP contribution in [0.4, 0.5) is 19.0 Å². The molecule has 1 atom stereocenters. The number of halogens is 3. The van der Waals surface area contributed by atoms with Gasteiger partial charge in [-0.15, -0.1) is 15.3 Å². The van der Waals surface area contributed by atoms with E-state index in [0.717, 1.165) is 16.7 Å². The second-order valence-electron chi connectivity index (χ2n) is 5.77. The summed E-state index contributed by atoms with van der Waals surface area (Å²) in [4.78, 5) is 1.90. The fraction of sp³-hybridized carbons (Fsp3) is 0.312. The second-order valence-corrected chi connectivity index (χ2v) is 5.77. The molecular formula is C16H14F3N5O. The van der Waals surface area contributed by atoms with Gasteiger partial charge < -0.3 is 9.64 Å². The highest BCUT2D eigenvalue weighted by atomic mass is 19.4. The Bertz CT molecular complexity index is 880. The monoisotopic (exact) mass is 349 g/mol. The van der Waals surface area contributed by atoms with Crippen molar-refractivity contribution in [1.29, 1.82) is 0 Å². The van der Waals surface area contributed by atoms with Gasteiger partial charge in [-0.2, -0.15) is 17.7 Å². The molecule has 3 aromatic rings. The lowest BCUT2D eigenvalue weighted by atomic mass is 10.3. The Morgan fingerprint density at radius 2 is 1.84 bits per heavy atom. The second kappa shape index (κ2) is 5.91. The number of rotatable bonds is 3. The fourth-order valence-electron chi connectivity index (χ4n) is 2.85. The Labute approximate surface area is 140 Å². The van der Waals surface area contributed by atoms with Gasteiger partial charge in [0.25, 0.3) is 5.82 Å². The molecule has 0 N–H and O–H groups in total. The summed E-state index contributed by atoms with van der Waals surface area (Å²) in [5.74, 6) is 0.0912. The zero-order chi connectivity index (χ0) is 17.4. The summed E-state index contributed by atoms with van der Waals surface area (Å²) < 4.78 is 45.5. The smallest absolute Gasteiger partial charge is 0.453 e. The van der Waals surface area contributed by atoms with Crippen molar-refractivity contribution in [2.75, 3.05) is 18.0 Å². The maximum Gasteiger partial charge on any atom is 0.453 e. The highest BCUT2D eigenvalue weighted by molar-refractivity contribution is 5.46. The van der Waals surface area contributed by atoms with E-state index in [9.17, 15) is 13.2 Å². The molecule has 0 unspecified atom stereocenters. The molecule has 3 heterocycles. The number of ether oxygens (including phenoxy) is 1. The maximum absolute atomic E-state index is 13.0. The molecule has 0 amide bonds. The first-order chi connectivity index (χ1) is 12.0. The van der Waals surface area contributed by atoms with E-state index < -0.39 is 12.0 Å². The van der Waals surface area contributed by atoms with Crippen molar-refractivity contribution < 1.29 is 17.9 Å². The van der Waals surface area contributed by atoms with Crippen LogP contribution < -0.4 is 9.64 Å². The van der Waals surface area contributed by atoms with Crippen LogP contribution in [-0.4, -0.2) is 39.0 Å². The lowest BCUT2D eigenvalue weighted by Gasteiger charge is -2.18. The summed E-state index contributed by atoms with van der Waals surface area (Å²) in [6.07, 6.45) is -3.87. The molecule has 0 spiro atoms. The maximum atomic E-state index is 13.0. The molecule has 25 heavy (non-hydrogen) atoms. The molecule has 1 saturated heterocycles. The number of nitrogens with zero attached hydrogens (tertiary/aromatic N) is 5. The highest BCUT2D eigenvalue weighted by Gasteiger charge is 2.38. The zero-order valence-electron chi connectivity index (χ0n) is 13.0. The van der Waals surface area contributed by atoms with Gasteiger partial charge in [0.05, 0.1) is 6.54 Å². The Morgan fingerprint density at radius 3 is 2.60 bits per heavy atom. The lowest BCUT2D eigenvalue weighted by molar-refractivity contribution is -0.146. The summed E-state index contributed by atoms with van der Waals surface area (Å²) in [6, 6.07) is 12.6. The molecule has 1 fully saturated rings. The van der Waals surface area contributed by atoms with E-state index in [1.165, 1.54) is 6.07 Å².